The fourth-order valence-corrected chi connectivity index (χ4v) is 4.16. The zero-order valence-electron chi connectivity index (χ0n) is 19.4. The van der Waals surface area contributed by atoms with Crippen LogP contribution < -0.4 is 16.2 Å². The predicted octanol–water partition coefficient (Wildman–Crippen LogP) is 5.29. The molecule has 0 fully saturated rings. The van der Waals surface area contributed by atoms with Crippen molar-refractivity contribution >= 4 is 17.0 Å². The highest BCUT2D eigenvalue weighted by molar-refractivity contribution is 5.81. The van der Waals surface area contributed by atoms with E-state index in [1.807, 2.05) is 0 Å². The average Bonchev–Trinajstić information content (AvgIpc) is 3.05. The van der Waals surface area contributed by atoms with Crippen molar-refractivity contribution in [1.29, 1.82) is 0 Å². The van der Waals surface area contributed by atoms with Crippen LogP contribution in [0.2, 0.25) is 0 Å². The van der Waals surface area contributed by atoms with E-state index >= 15 is 0 Å². The molecule has 7 nitrogen and oxygen atoms in total. The van der Waals surface area contributed by atoms with Gasteiger partial charge in [-0.05, 0) is 24.7 Å². The number of hydrogen-bond donors (Lipinski definition) is 2. The molecule has 3 N–H and O–H groups in total. The number of hydrogen-bond acceptors (Lipinski definition) is 5. The number of imidazole rings is 1. The Morgan fingerprint density at radius 3 is 2.37 bits per heavy atom. The summed E-state index contributed by atoms with van der Waals surface area (Å²) in [5.41, 5.74) is 6.93. The summed E-state index contributed by atoms with van der Waals surface area (Å²) in [6.45, 7) is 10.1. The molecule has 0 aliphatic heterocycles. The molecule has 0 aliphatic carbocycles. The first kappa shape index (κ1) is 24.2. The van der Waals surface area contributed by atoms with Gasteiger partial charge < -0.3 is 15.5 Å². The fourth-order valence-electron chi connectivity index (χ4n) is 4.16. The average molecular weight is 420 g/mol. The third-order valence-corrected chi connectivity index (χ3v) is 6.20. The molecule has 2 rings (SSSR count). The van der Waals surface area contributed by atoms with E-state index in [9.17, 15) is 4.79 Å². The summed E-state index contributed by atoms with van der Waals surface area (Å²) < 4.78 is 7.33. The number of aryl methyl sites for hydroxylation is 1. The number of unbranched alkanes of at least 4 members (excludes halogenated alkanes) is 1. The van der Waals surface area contributed by atoms with Gasteiger partial charge >= 0.3 is 11.7 Å². The maximum absolute atomic E-state index is 12.6. The monoisotopic (exact) mass is 419 g/mol. The molecule has 0 spiro atoms. The molecule has 30 heavy (non-hydrogen) atoms. The Bertz CT molecular complexity index is 810. The summed E-state index contributed by atoms with van der Waals surface area (Å²) in [5, 5.41) is 0. The molecule has 1 unspecified atom stereocenters. The molecule has 0 radical (unpaired) electrons. The van der Waals surface area contributed by atoms with Crippen LogP contribution in [0, 0.1) is 11.8 Å². The van der Waals surface area contributed by atoms with Crippen molar-refractivity contribution in [1.82, 2.24) is 19.5 Å². The van der Waals surface area contributed by atoms with Crippen LogP contribution in [0.15, 0.2) is 4.79 Å². The van der Waals surface area contributed by atoms with Crippen LogP contribution in [0.4, 0.5) is 5.82 Å². The molecule has 0 saturated carbocycles. The summed E-state index contributed by atoms with van der Waals surface area (Å²) in [6, 6.07) is 0.247. The molecule has 0 aliphatic rings. The van der Waals surface area contributed by atoms with Crippen molar-refractivity contribution in [3.63, 3.8) is 0 Å². The normalized spacial score (nSPS) is 12.7. The maximum atomic E-state index is 12.6. The number of aromatic nitrogens is 4. The number of rotatable bonds is 15. The van der Waals surface area contributed by atoms with E-state index < -0.39 is 0 Å². The van der Waals surface area contributed by atoms with Crippen molar-refractivity contribution in [2.24, 2.45) is 11.8 Å². The van der Waals surface area contributed by atoms with Gasteiger partial charge in [0.1, 0.15) is 5.52 Å². The number of nitrogens with zero attached hydrogens (tertiary/aromatic N) is 3. The van der Waals surface area contributed by atoms with Gasteiger partial charge in [-0.2, -0.15) is 9.97 Å². The highest BCUT2D eigenvalue weighted by Gasteiger charge is 2.16. The minimum atomic E-state index is -0.177. The molecule has 2 aromatic heterocycles. The smallest absolute Gasteiger partial charge is 0.327 e. The SMILES string of the molecule is CCCCOc1nc(N)c2[nH]c(=O)n(CCC(CCC)CCCC(CC)CC)c2n1. The second-order valence-electron chi connectivity index (χ2n) is 8.43. The second-order valence-corrected chi connectivity index (χ2v) is 8.43. The van der Waals surface area contributed by atoms with Gasteiger partial charge in [-0.25, -0.2) is 4.79 Å². The molecule has 170 valence electrons. The topological polar surface area (TPSA) is 98.8 Å². The number of ether oxygens (including phenoxy) is 1. The number of aromatic amines is 1. The molecule has 1 atom stereocenters. The highest BCUT2D eigenvalue weighted by atomic mass is 16.5. The van der Waals surface area contributed by atoms with Crippen molar-refractivity contribution < 1.29 is 4.74 Å². The Morgan fingerprint density at radius 1 is 0.967 bits per heavy atom. The van der Waals surface area contributed by atoms with E-state index in [1.165, 1.54) is 44.9 Å². The van der Waals surface area contributed by atoms with Crippen molar-refractivity contribution in [2.45, 2.75) is 98.4 Å². The standard InChI is InChI=1S/C23H41N5O2/c1-5-9-16-30-22-26-20(24)19-21(27-22)28(23(29)25-19)15-14-18(11-6-2)13-10-12-17(7-3)8-4/h17-18H,5-16H2,1-4H3,(H,25,29)(H2,24,26,27). The van der Waals surface area contributed by atoms with Gasteiger partial charge in [0.05, 0.1) is 6.61 Å². The third-order valence-electron chi connectivity index (χ3n) is 6.20. The van der Waals surface area contributed by atoms with Crippen LogP contribution in [-0.2, 0) is 6.54 Å². The highest BCUT2D eigenvalue weighted by Crippen LogP contribution is 2.24. The lowest BCUT2D eigenvalue weighted by atomic mass is 9.90. The second kappa shape index (κ2) is 12.6. The Labute approximate surface area is 180 Å². The molecule has 0 aromatic carbocycles. The van der Waals surface area contributed by atoms with E-state index in [1.54, 1.807) is 4.57 Å². The summed E-state index contributed by atoms with van der Waals surface area (Å²) in [4.78, 5) is 24.0. The molecular weight excluding hydrogens is 378 g/mol. The van der Waals surface area contributed by atoms with E-state index in [0.717, 1.165) is 25.2 Å². The fraction of sp³-hybridized carbons (Fsp3) is 0.783. The Morgan fingerprint density at radius 2 is 1.70 bits per heavy atom. The first-order chi connectivity index (χ1) is 14.5. The number of nitrogens with one attached hydrogen (secondary N) is 1. The zero-order chi connectivity index (χ0) is 21.9. The third kappa shape index (κ3) is 6.74. The van der Waals surface area contributed by atoms with Crippen molar-refractivity contribution in [3.8, 4) is 6.01 Å². The zero-order valence-corrected chi connectivity index (χ0v) is 19.4. The number of anilines is 1. The first-order valence-corrected chi connectivity index (χ1v) is 11.9. The van der Waals surface area contributed by atoms with Crippen LogP contribution in [0.1, 0.15) is 91.9 Å². The van der Waals surface area contributed by atoms with Crippen LogP contribution >= 0.6 is 0 Å². The van der Waals surface area contributed by atoms with Crippen molar-refractivity contribution in [3.05, 3.63) is 10.5 Å². The van der Waals surface area contributed by atoms with Gasteiger partial charge in [-0.15, -0.1) is 0 Å². The Balaban J connectivity index is 2.08. The molecule has 2 aromatic rings. The largest absolute Gasteiger partial charge is 0.463 e. The molecule has 0 amide bonds. The van der Waals surface area contributed by atoms with Gasteiger partial charge in [0, 0.05) is 6.54 Å². The van der Waals surface area contributed by atoms with E-state index in [-0.39, 0.29) is 17.5 Å². The van der Waals surface area contributed by atoms with Crippen LogP contribution in [0.25, 0.3) is 11.2 Å². The van der Waals surface area contributed by atoms with E-state index in [4.69, 9.17) is 10.5 Å². The van der Waals surface area contributed by atoms with Crippen LogP contribution in [0.5, 0.6) is 6.01 Å². The number of nitrogens with two attached hydrogens (primary N) is 1. The predicted molar refractivity (Wildman–Crippen MR) is 124 cm³/mol. The minimum absolute atomic E-state index is 0.177. The summed E-state index contributed by atoms with van der Waals surface area (Å²) >= 11 is 0. The van der Waals surface area contributed by atoms with Gasteiger partial charge in [-0.1, -0.05) is 79.1 Å². The first-order valence-electron chi connectivity index (χ1n) is 11.9. The molecular formula is C23H41N5O2. The lowest BCUT2D eigenvalue weighted by Gasteiger charge is -2.18. The summed E-state index contributed by atoms with van der Waals surface area (Å²) in [5.74, 6) is 1.73. The number of nitrogen functional groups attached to an aromatic ring is 1. The molecule has 2 heterocycles. The summed E-state index contributed by atoms with van der Waals surface area (Å²) in [7, 11) is 0. The molecule has 7 heteroatoms. The summed E-state index contributed by atoms with van der Waals surface area (Å²) in [6.07, 6.45) is 11.6. The van der Waals surface area contributed by atoms with Gasteiger partial charge in [0.2, 0.25) is 0 Å². The number of H-pyrrole nitrogens is 1. The molecule has 0 bridgehead atoms. The van der Waals surface area contributed by atoms with Gasteiger partial charge in [-0.3, -0.25) is 4.57 Å². The quantitative estimate of drug-likeness (QED) is 0.382. The Kier molecular flexibility index (Phi) is 10.2. The maximum Gasteiger partial charge on any atom is 0.327 e. The van der Waals surface area contributed by atoms with Crippen molar-refractivity contribution in [2.75, 3.05) is 12.3 Å². The van der Waals surface area contributed by atoms with E-state index in [2.05, 4.69) is 42.6 Å². The van der Waals surface area contributed by atoms with Gasteiger partial charge in [0.25, 0.3) is 0 Å². The van der Waals surface area contributed by atoms with Crippen LogP contribution in [0.3, 0.4) is 0 Å². The number of fused-ring (bicyclic) bond motifs is 1. The lowest BCUT2D eigenvalue weighted by Crippen LogP contribution is -2.19. The van der Waals surface area contributed by atoms with E-state index in [0.29, 0.717) is 30.2 Å². The van der Waals surface area contributed by atoms with Gasteiger partial charge in [0.15, 0.2) is 11.5 Å². The Hall–Kier alpha value is -2.05. The lowest BCUT2D eigenvalue weighted by molar-refractivity contribution is 0.286. The minimum Gasteiger partial charge on any atom is -0.463 e. The molecule has 0 saturated heterocycles. The van der Waals surface area contributed by atoms with Crippen LogP contribution in [-0.4, -0.2) is 26.1 Å².